The number of nitrogens with one attached hydrogen (secondary N) is 3. The van der Waals surface area contributed by atoms with Crippen molar-refractivity contribution in [1.82, 2.24) is 30.7 Å². The highest BCUT2D eigenvalue weighted by Gasteiger charge is 2.66. The monoisotopic (exact) mass is 1910 g/mol. The molecular formula is C100H126N6O23S4. The molecule has 11 aliphatic heterocycles. The fourth-order valence-electron chi connectivity index (χ4n) is 21.7. The van der Waals surface area contributed by atoms with Crippen LogP contribution in [-0.2, 0) is 75.9 Å². The Bertz CT molecular complexity index is 5040. The molecule has 29 nitrogen and oxygen atoms in total. The molecule has 7 N–H and O–H groups in total. The van der Waals surface area contributed by atoms with Crippen molar-refractivity contribution in [2.45, 2.75) is 261 Å². The number of nitrogens with zero attached hydrogens (tertiary/aromatic N) is 3. The zero-order valence-corrected chi connectivity index (χ0v) is 80.3. The lowest BCUT2D eigenvalue weighted by molar-refractivity contribution is -0.299. The first-order valence-electron chi connectivity index (χ1n) is 46.9. The van der Waals surface area contributed by atoms with Gasteiger partial charge in [-0.05, 0) is 180 Å². The van der Waals surface area contributed by atoms with Crippen LogP contribution < -0.4 is 16.0 Å². The lowest BCUT2D eigenvalue weighted by atomic mass is 9.88. The van der Waals surface area contributed by atoms with Crippen LogP contribution in [0.4, 0.5) is 14.4 Å². The number of ether oxygens (including phenoxy) is 14. The van der Waals surface area contributed by atoms with Crippen LogP contribution in [0.25, 0.3) is 33.4 Å². The van der Waals surface area contributed by atoms with E-state index in [0.29, 0.717) is 110 Å². The van der Waals surface area contributed by atoms with Crippen LogP contribution in [0.15, 0.2) is 146 Å². The smallest absolute Gasteiger partial charge is 0.407 e. The van der Waals surface area contributed by atoms with E-state index in [0.717, 1.165) is 24.3 Å². The molecule has 3 amide bonds. The summed E-state index contributed by atoms with van der Waals surface area (Å²) in [5.41, 5.74) is 13.0. The van der Waals surface area contributed by atoms with Crippen LogP contribution in [0.1, 0.15) is 178 Å². The second-order valence-electron chi connectivity index (χ2n) is 40.0. The summed E-state index contributed by atoms with van der Waals surface area (Å²) in [6.45, 7) is 22.9. The molecule has 2 unspecified atom stereocenters. The minimum atomic E-state index is -1.21. The molecule has 0 aromatic heterocycles. The Morgan fingerprint density at radius 3 is 1.01 bits per heavy atom. The van der Waals surface area contributed by atoms with Crippen LogP contribution in [0, 0.1) is 0 Å². The molecular weight excluding hydrogens is 1780 g/mol. The van der Waals surface area contributed by atoms with Gasteiger partial charge in [-0.25, -0.2) is 14.4 Å². The zero-order valence-electron chi connectivity index (χ0n) is 77.1. The second kappa shape index (κ2) is 39.3. The Labute approximate surface area is 793 Å². The van der Waals surface area contributed by atoms with E-state index in [1.54, 1.807) is 84.7 Å². The molecule has 20 rings (SSSR count). The highest BCUT2D eigenvalue weighted by atomic mass is 33.1. The van der Waals surface area contributed by atoms with E-state index in [1.165, 1.54) is 66.8 Å². The van der Waals surface area contributed by atoms with Crippen molar-refractivity contribution in [1.29, 1.82) is 0 Å². The quantitative estimate of drug-likeness (QED) is 0.0200. The standard InChI is InChI=1S/2C35H44N2O8S2.C30H38N2O7/c1-33(2)44-31-30(39)28(43-29(38)18-22-12-17-46-47-22)20-42-35(31,45-33)21-37-15-13-34(3,14-16-37)36-32(40)41-19-27-25-10-6-4-8-23(25)24-9-5-7-11-26(24)27;1-33(2)44-31-30(43-29(39)18-22-12-17-46-47-22)28(38)20-42-35(31,45-33)21-37-15-13-34(3,14-16-37)36-32(40)41-19-27-25-10-6-4-8-23(25)24-9-5-7-11-26(24)27;1-28(2)38-26-25(34)24(33)17-37-30(26,39-28)18-32-14-12-29(3,13-15-32)31-27(35)36-16-23-21-10-6-4-8-19(21)20-9-5-7-11-22(20)23/h4-11,22,27-28,30-31,39H,12-21H2,1-3H3,(H,36,40);4-11,22,27-28,30-31,38H,12-21H2,1-3H3,(H,36,40);4-11,23-26,33-34H,12-18H2,1-3H3,(H,31,35)/t2*22?,28-,30-,31+,35+;24-,25-,26+,30+/m111/s1. The van der Waals surface area contributed by atoms with Gasteiger partial charge in [0, 0.05) is 95.6 Å². The molecule has 14 atom stereocenters. The predicted molar refractivity (Wildman–Crippen MR) is 503 cm³/mol. The number of likely N-dealkylation sites (tertiary alicyclic amines) is 3. The van der Waals surface area contributed by atoms with Crippen molar-refractivity contribution >= 4 is 73.4 Å². The Morgan fingerprint density at radius 1 is 0.383 bits per heavy atom. The number of fused-ring (bicyclic) bond motifs is 12. The van der Waals surface area contributed by atoms with Gasteiger partial charge in [-0.1, -0.05) is 189 Å². The van der Waals surface area contributed by atoms with Gasteiger partial charge < -0.3 is 103 Å². The first kappa shape index (κ1) is 96.1. The average molecular weight is 1910 g/mol. The number of carbonyl (C=O) groups excluding carboxylic acids is 5. The molecule has 6 aromatic rings. The van der Waals surface area contributed by atoms with E-state index in [-0.39, 0.29) is 79.8 Å². The number of carbonyl (C=O) groups is 5. The molecule has 0 spiro atoms. The van der Waals surface area contributed by atoms with Crippen LogP contribution >= 0.6 is 43.2 Å². The predicted octanol–water partition coefficient (Wildman–Crippen LogP) is 13.1. The normalized spacial score (nSPS) is 31.1. The number of aliphatic hydroxyl groups is 4. The summed E-state index contributed by atoms with van der Waals surface area (Å²) in [6.07, 6.45) is -2.84. The Kier molecular flexibility index (Phi) is 28.4. The lowest BCUT2D eigenvalue weighted by Crippen LogP contribution is -2.65. The number of amides is 3. The number of piperidine rings is 3. The number of hydrogen-bond donors (Lipinski definition) is 7. The van der Waals surface area contributed by atoms with Gasteiger partial charge in [0.15, 0.2) is 35.7 Å². The summed E-state index contributed by atoms with van der Waals surface area (Å²) in [5.74, 6) is -5.08. The van der Waals surface area contributed by atoms with E-state index in [1.807, 2.05) is 86.6 Å². The number of alkyl carbamates (subject to hydrolysis) is 3. The molecule has 11 saturated heterocycles. The van der Waals surface area contributed by atoms with Crippen LogP contribution in [0.5, 0.6) is 0 Å². The van der Waals surface area contributed by atoms with E-state index in [9.17, 15) is 44.4 Å². The lowest BCUT2D eigenvalue weighted by Gasteiger charge is -2.46. The second-order valence-corrected chi connectivity index (χ2v) is 45.6. The molecule has 14 aliphatic rings. The molecule has 133 heavy (non-hydrogen) atoms. The number of aliphatic hydroxyl groups excluding tert-OH is 4. The molecule has 0 radical (unpaired) electrons. The Balaban J connectivity index is 0.000000134. The van der Waals surface area contributed by atoms with Crippen molar-refractivity contribution < 1.29 is 111 Å². The third kappa shape index (κ3) is 21.1. The van der Waals surface area contributed by atoms with E-state index in [4.69, 9.17) is 66.3 Å². The molecule has 718 valence electrons. The molecule has 6 aromatic carbocycles. The van der Waals surface area contributed by atoms with Gasteiger partial charge in [0.2, 0.25) is 17.4 Å². The van der Waals surface area contributed by atoms with Gasteiger partial charge >= 0.3 is 30.2 Å². The minimum Gasteiger partial charge on any atom is -0.457 e. The van der Waals surface area contributed by atoms with Gasteiger partial charge in [0.25, 0.3) is 0 Å². The summed E-state index contributed by atoms with van der Waals surface area (Å²) >= 11 is 0. The summed E-state index contributed by atoms with van der Waals surface area (Å²) in [6, 6.07) is 49.8. The Morgan fingerprint density at radius 2 is 0.677 bits per heavy atom. The summed E-state index contributed by atoms with van der Waals surface area (Å²) < 4.78 is 84.8. The molecule has 33 heteroatoms. The fourth-order valence-corrected chi connectivity index (χ4v) is 27.4. The molecule has 0 bridgehead atoms. The molecule has 0 saturated carbocycles. The van der Waals surface area contributed by atoms with Gasteiger partial charge in [0.1, 0.15) is 56.4 Å². The van der Waals surface area contributed by atoms with Crippen molar-refractivity contribution in [2.24, 2.45) is 0 Å². The number of benzene rings is 6. The molecule has 11 fully saturated rings. The zero-order chi connectivity index (χ0) is 93.0. The largest absolute Gasteiger partial charge is 0.457 e. The van der Waals surface area contributed by atoms with Gasteiger partial charge in [-0.3, -0.25) is 24.3 Å². The van der Waals surface area contributed by atoms with Crippen molar-refractivity contribution in [3.63, 3.8) is 0 Å². The van der Waals surface area contributed by atoms with Crippen LogP contribution in [0.2, 0.25) is 0 Å². The van der Waals surface area contributed by atoms with Crippen LogP contribution in [0.3, 0.4) is 0 Å². The van der Waals surface area contributed by atoms with E-state index in [2.05, 4.69) is 110 Å². The fraction of sp³-hybridized carbons (Fsp3) is 0.590. The third-order valence-electron chi connectivity index (χ3n) is 28.6. The first-order valence-corrected chi connectivity index (χ1v) is 51.7. The maximum absolute atomic E-state index is 13.1. The summed E-state index contributed by atoms with van der Waals surface area (Å²) in [5, 5.41) is 52.7. The van der Waals surface area contributed by atoms with E-state index < -0.39 is 125 Å². The van der Waals surface area contributed by atoms with Gasteiger partial charge in [0.05, 0.1) is 52.3 Å². The number of hydrogen-bond acceptors (Lipinski definition) is 30. The topological polar surface area (TPSA) is 341 Å². The van der Waals surface area contributed by atoms with E-state index >= 15 is 0 Å². The van der Waals surface area contributed by atoms with Crippen molar-refractivity contribution in [3.05, 3.63) is 179 Å². The highest BCUT2D eigenvalue weighted by Crippen LogP contribution is 2.52. The number of rotatable bonds is 21. The minimum absolute atomic E-state index is 0.00518. The maximum Gasteiger partial charge on any atom is 0.407 e. The van der Waals surface area contributed by atoms with Gasteiger partial charge in [-0.15, -0.1) is 0 Å². The maximum atomic E-state index is 13.1. The molecule has 3 aliphatic carbocycles. The van der Waals surface area contributed by atoms with Crippen LogP contribution in [-0.4, -0.2) is 292 Å². The summed E-state index contributed by atoms with van der Waals surface area (Å²) in [4.78, 5) is 71.3. The number of esters is 2. The third-order valence-corrected chi connectivity index (χ3v) is 34.5. The first-order chi connectivity index (χ1) is 63.6. The van der Waals surface area contributed by atoms with Crippen molar-refractivity contribution in [2.75, 3.05) is 110 Å². The highest BCUT2D eigenvalue weighted by molar-refractivity contribution is 8.77. The van der Waals surface area contributed by atoms with Gasteiger partial charge in [-0.2, -0.15) is 0 Å². The summed E-state index contributed by atoms with van der Waals surface area (Å²) in [7, 11) is 6.97. The average Bonchev–Trinajstić information content (AvgIpc) is 1.58. The SMILES string of the molecule is CC1(NC(=O)OCC2c3ccccc3-c3ccccc32)CCN(C[C@@]23OC[C@@H](O)[C@@H](O)[C@@H]2OC(C)(C)O3)CC1.CC1(NC(=O)OCC2c3ccccc3-c3ccccc32)CCN(C[C@@]23OC[C@@H](O)[C@@H](OC(=O)CC4CCSS4)[C@@H]2OC(C)(C)O3)CC1.CC1(NC(=O)OCC2c3ccccc3-c3ccccc32)CCN(C[C@@]23OC[C@@H](OC(=O)CC4CCSS4)[C@@H](O)[C@@H]2OC(C)(C)O3)CC1. The van der Waals surface area contributed by atoms with Crippen molar-refractivity contribution in [3.8, 4) is 33.4 Å². The Hall–Kier alpha value is -7.17. The molecule has 11 heterocycles.